The Labute approximate surface area is 486 Å². The molecule has 0 aliphatic heterocycles. The standard InChI is InChI=1S/C45H40N10O15S6.2O3S/c1-23-15-34(51-53-40-25(3)30(22-46)43-47-31-10-8-27(69-4)18-36(31)55(43)44(40)56)37(70-11-5-13-73(57,58)59)20-32(23)49-52-35-16-24(2)33(21-38(35)71-12-6-14-74(60,61)62)50-54-45-48-41-39(76(66,67)68)17-26-7-9-28(75(63,64)65)19-29(26)42(41)72-45;2*1-4(2)3/h7-10,15-21,56H,5-6,11-14H2,1-4H3,(H,57,58,59)(H,60,61,62)(H,63,64,65)(H,66,67,68);;. The van der Waals surface area contributed by atoms with E-state index in [9.17, 15) is 62.3 Å². The fraction of sp³-hybridized carbons (Fsp3) is 0.222. The molecule has 0 fully saturated rings. The third kappa shape index (κ3) is 16.9. The summed E-state index contributed by atoms with van der Waals surface area (Å²) in [4.78, 5) is 8.14. The van der Waals surface area contributed by atoms with E-state index in [2.05, 4.69) is 46.7 Å². The fourth-order valence-electron chi connectivity index (χ4n) is 7.59. The summed E-state index contributed by atoms with van der Waals surface area (Å²) in [5.41, 5.74) is 2.81. The summed E-state index contributed by atoms with van der Waals surface area (Å²) in [5.74, 6) is -0.923. The number of azo groups is 3. The number of nitriles is 1. The maximum Gasteiger partial charge on any atom is 0.425 e. The van der Waals surface area contributed by atoms with Crippen molar-refractivity contribution in [3.8, 4) is 23.4 Å². The number of hydrogen-bond donors (Lipinski definition) is 5. The van der Waals surface area contributed by atoms with Gasteiger partial charge in [-0.15, -0.1) is 62.6 Å². The third-order valence-electron chi connectivity index (χ3n) is 11.3. The summed E-state index contributed by atoms with van der Waals surface area (Å²) in [5, 5.41) is 48.4. The number of nitrogens with zero attached hydrogens (tertiary/aromatic N) is 10. The van der Waals surface area contributed by atoms with Gasteiger partial charge in [-0.2, -0.15) is 44.0 Å². The van der Waals surface area contributed by atoms with Crippen molar-refractivity contribution >= 4 is 156 Å². The Morgan fingerprint density at radius 2 is 1.30 bits per heavy atom. The molecule has 0 aliphatic carbocycles. The van der Waals surface area contributed by atoms with Crippen LogP contribution in [-0.2, 0) is 61.7 Å². The minimum atomic E-state index is -4.86. The highest BCUT2D eigenvalue weighted by Crippen LogP contribution is 2.44. The number of aryl methyl sites for hydroxylation is 2. The molecule has 0 amide bonds. The van der Waals surface area contributed by atoms with Gasteiger partial charge in [-0.3, -0.25) is 22.6 Å². The van der Waals surface area contributed by atoms with Crippen LogP contribution in [0, 0.1) is 32.1 Å². The molecule has 5 aromatic carbocycles. The van der Waals surface area contributed by atoms with Crippen LogP contribution in [0.15, 0.2) is 112 Å². The molecule has 0 radical (unpaired) electrons. The van der Waals surface area contributed by atoms with Gasteiger partial charge in [0.15, 0.2) is 11.3 Å². The molecule has 444 valence electrons. The second-order valence-electron chi connectivity index (χ2n) is 17.0. The van der Waals surface area contributed by atoms with Gasteiger partial charge in [0.25, 0.3) is 40.5 Å². The second-order valence-corrected chi connectivity index (χ2v) is 25.9. The zero-order valence-electron chi connectivity index (χ0n) is 43.1. The van der Waals surface area contributed by atoms with E-state index in [-0.39, 0.29) is 102 Å². The first-order chi connectivity index (χ1) is 39.2. The van der Waals surface area contributed by atoms with Crippen LogP contribution in [-0.4, -0.2) is 128 Å². The van der Waals surface area contributed by atoms with E-state index in [1.54, 1.807) is 51.1 Å². The summed E-state index contributed by atoms with van der Waals surface area (Å²) in [6, 6.07) is 17.8. The molecule has 8 aromatic rings. The van der Waals surface area contributed by atoms with Gasteiger partial charge in [0, 0.05) is 28.0 Å². The number of hydrogen-bond acceptors (Lipinski definition) is 28. The predicted molar refractivity (Wildman–Crippen MR) is 300 cm³/mol. The molecule has 0 saturated carbocycles. The maximum atomic E-state index is 12.4. The van der Waals surface area contributed by atoms with E-state index in [0.29, 0.717) is 32.8 Å². The number of pyridine rings is 1. The van der Waals surface area contributed by atoms with Crippen molar-refractivity contribution in [3.05, 3.63) is 89.0 Å². The van der Waals surface area contributed by atoms with E-state index >= 15 is 0 Å². The molecule has 3 heterocycles. The molecular weight excluding hydrogens is 1270 g/mol. The second kappa shape index (κ2) is 26.8. The zero-order valence-corrected chi connectivity index (χ0v) is 49.6. The fourth-order valence-corrected chi connectivity index (χ4v) is 11.9. The van der Waals surface area contributed by atoms with Crippen molar-refractivity contribution in [3.63, 3.8) is 0 Å². The van der Waals surface area contributed by atoms with Gasteiger partial charge < -0.3 is 14.6 Å². The Morgan fingerprint density at radius 3 is 1.90 bits per heavy atom. The van der Waals surface area contributed by atoms with Gasteiger partial charge in [0.2, 0.25) is 11.0 Å². The number of aromatic hydroxyl groups is 1. The number of thiazole rings is 1. The average molecular weight is 1310 g/mol. The van der Waals surface area contributed by atoms with Crippen molar-refractivity contribution in [2.45, 2.75) is 48.3 Å². The molecule has 84 heavy (non-hydrogen) atoms. The van der Waals surface area contributed by atoms with Crippen LogP contribution in [0.2, 0.25) is 0 Å². The molecule has 0 unspecified atom stereocenters. The lowest BCUT2D eigenvalue weighted by Crippen LogP contribution is -2.08. The van der Waals surface area contributed by atoms with Crippen molar-refractivity contribution in [1.82, 2.24) is 14.4 Å². The smallest absolute Gasteiger partial charge is 0.425 e. The lowest BCUT2D eigenvalue weighted by Gasteiger charge is -2.12. The number of thioether (sulfide) groups is 1. The van der Waals surface area contributed by atoms with Gasteiger partial charge in [-0.1, -0.05) is 17.4 Å². The summed E-state index contributed by atoms with van der Waals surface area (Å²) in [7, 11) is -22.9. The maximum absolute atomic E-state index is 12.4. The largest absolute Gasteiger partial charge is 0.497 e. The highest BCUT2D eigenvalue weighted by Gasteiger charge is 2.24. The zero-order chi connectivity index (χ0) is 62.2. The Morgan fingerprint density at radius 1 is 0.702 bits per heavy atom. The summed E-state index contributed by atoms with van der Waals surface area (Å²) in [6.45, 7) is 4.66. The van der Waals surface area contributed by atoms with Crippen molar-refractivity contribution < 1.29 is 91.7 Å². The molecule has 5 N–H and O–H groups in total. The van der Waals surface area contributed by atoms with Gasteiger partial charge in [0.1, 0.15) is 39.2 Å². The van der Waals surface area contributed by atoms with E-state index in [0.717, 1.165) is 41.3 Å². The average Bonchev–Trinajstić information content (AvgIpc) is 2.10. The van der Waals surface area contributed by atoms with Crippen LogP contribution in [0.5, 0.6) is 17.4 Å². The topological polar surface area (TPSA) is 487 Å². The van der Waals surface area contributed by atoms with E-state index in [1.807, 2.05) is 0 Å². The molecule has 8 rings (SSSR count). The number of methoxy groups -OCH3 is 1. The highest BCUT2D eigenvalue weighted by molar-refractivity contribution is 7.99. The lowest BCUT2D eigenvalue weighted by molar-refractivity contribution is 0.317. The molecule has 0 aliphatic rings. The first kappa shape index (κ1) is 65.3. The van der Waals surface area contributed by atoms with Crippen LogP contribution in [0.1, 0.15) is 35.1 Å². The van der Waals surface area contributed by atoms with Crippen LogP contribution >= 0.6 is 23.1 Å². The van der Waals surface area contributed by atoms with Gasteiger partial charge >= 0.3 is 21.2 Å². The molecule has 0 bridgehead atoms. The first-order valence-corrected chi connectivity index (χ1v) is 32.8. The van der Waals surface area contributed by atoms with Crippen molar-refractivity contribution in [2.75, 3.05) is 31.0 Å². The third-order valence-corrected chi connectivity index (χ3v) is 16.7. The summed E-state index contributed by atoms with van der Waals surface area (Å²) < 4.78 is 197. The molecule has 0 atom stereocenters. The molecule has 0 saturated heterocycles. The molecular formula is C45H40N10O21S8. The SMILES string of the molecule is COc1ccc2nc3c(C#N)c(C)c(N=Nc4cc(C)c(N=Nc5cc(C)c(N=Nc6nc7c(S(=O)(=O)O)cc8ccc(S(=O)(=O)O)cc8c7s6)cc5SCCCS(=O)(=O)O)cc4OCCCS(=O)(=O)O)c(O)n3c2c1.O=S(=O)=O.O=S(=O)=O. The predicted octanol–water partition coefficient (Wildman–Crippen LogP) is 8.52. The van der Waals surface area contributed by atoms with E-state index in [1.165, 1.54) is 29.7 Å². The number of imidazole rings is 1. The van der Waals surface area contributed by atoms with Crippen molar-refractivity contribution in [1.29, 1.82) is 5.26 Å². The number of benzene rings is 5. The van der Waals surface area contributed by atoms with Gasteiger partial charge in [-0.25, -0.2) is 9.97 Å². The van der Waals surface area contributed by atoms with Crippen molar-refractivity contribution in [2.24, 2.45) is 30.7 Å². The number of aromatic nitrogens is 3. The van der Waals surface area contributed by atoms with Crippen LogP contribution < -0.4 is 9.47 Å². The summed E-state index contributed by atoms with van der Waals surface area (Å²) in [6.07, 6.45) is -0.121. The minimum Gasteiger partial charge on any atom is -0.497 e. The molecule has 31 nitrogen and oxygen atoms in total. The Hall–Kier alpha value is -7.88. The molecule has 39 heteroatoms. The quantitative estimate of drug-likeness (QED) is 0.0219. The Bertz CT molecular complexity index is 4780. The van der Waals surface area contributed by atoms with Crippen LogP contribution in [0.3, 0.4) is 0 Å². The first-order valence-electron chi connectivity index (χ1n) is 22.9. The highest BCUT2D eigenvalue weighted by atomic mass is 32.2. The van der Waals surface area contributed by atoms with E-state index in [4.69, 9.17) is 34.7 Å². The number of fused-ring (bicyclic) bond motifs is 6. The monoisotopic (exact) mass is 1310 g/mol. The van der Waals surface area contributed by atoms with Crippen LogP contribution in [0.25, 0.3) is 37.7 Å². The lowest BCUT2D eigenvalue weighted by atomic mass is 10.1. The van der Waals surface area contributed by atoms with Gasteiger partial charge in [-0.05, 0) is 104 Å². The van der Waals surface area contributed by atoms with Crippen LogP contribution in [0.4, 0.5) is 33.6 Å². The Kier molecular flexibility index (Phi) is 20.8. The van der Waals surface area contributed by atoms with E-state index < -0.39 is 88.9 Å². The number of ether oxygens (including phenoxy) is 2. The normalized spacial score (nSPS) is 12.2. The number of rotatable bonds is 19. The Balaban J connectivity index is 0.00000133. The summed E-state index contributed by atoms with van der Waals surface area (Å²) >= 11 is 1.95. The minimum absolute atomic E-state index is 0.0178. The molecule has 3 aromatic heterocycles. The molecule has 0 spiro atoms. The van der Waals surface area contributed by atoms with Gasteiger partial charge in [0.05, 0.1) is 62.9 Å².